The third-order valence-corrected chi connectivity index (χ3v) is 4.21. The maximum absolute atomic E-state index is 4.23. The molecule has 0 N–H and O–H groups in total. The summed E-state index contributed by atoms with van der Waals surface area (Å²) in [5, 5.41) is 0. The zero-order valence-electron chi connectivity index (χ0n) is 13.8. The molecule has 2 rings (SSSR count). The van der Waals surface area contributed by atoms with Crippen LogP contribution >= 0.6 is 0 Å². The lowest BCUT2D eigenvalue weighted by Crippen LogP contribution is -2.59. The smallest absolute Gasteiger partial charge is 0.0377 e. The van der Waals surface area contributed by atoms with Crippen molar-refractivity contribution in [3.8, 4) is 0 Å². The van der Waals surface area contributed by atoms with Crippen LogP contribution in [0.3, 0.4) is 0 Å². The average Bonchev–Trinajstić information content (AvgIpc) is 2.66. The van der Waals surface area contributed by atoms with Gasteiger partial charge in [0.25, 0.3) is 0 Å². The Morgan fingerprint density at radius 2 is 1.95 bits per heavy atom. The molecular formula is C17H34N2. The molecular weight excluding hydrogens is 232 g/mol. The van der Waals surface area contributed by atoms with Gasteiger partial charge in [-0.15, -0.1) is 0 Å². The second-order valence-electron chi connectivity index (χ2n) is 6.45. The predicted octanol–water partition coefficient (Wildman–Crippen LogP) is 3.79. The van der Waals surface area contributed by atoms with Crippen LogP contribution in [0.5, 0.6) is 0 Å². The Bertz CT molecular complexity index is 285. The molecule has 0 saturated carbocycles. The van der Waals surface area contributed by atoms with Crippen molar-refractivity contribution in [1.82, 2.24) is 9.80 Å². The van der Waals surface area contributed by atoms with E-state index < -0.39 is 0 Å². The first-order chi connectivity index (χ1) is 9.05. The summed E-state index contributed by atoms with van der Waals surface area (Å²) in [7, 11) is 0. The average molecular weight is 266 g/mol. The van der Waals surface area contributed by atoms with Gasteiger partial charge in [-0.3, -0.25) is 9.80 Å². The first-order valence-corrected chi connectivity index (χ1v) is 8.20. The Hall–Kier alpha value is -0.340. The monoisotopic (exact) mass is 266 g/mol. The van der Waals surface area contributed by atoms with E-state index in [-0.39, 0.29) is 0 Å². The van der Waals surface area contributed by atoms with Gasteiger partial charge in [-0.05, 0) is 18.8 Å². The van der Waals surface area contributed by atoms with E-state index >= 15 is 0 Å². The van der Waals surface area contributed by atoms with Crippen LogP contribution < -0.4 is 0 Å². The third-order valence-electron chi connectivity index (χ3n) is 4.21. The normalized spacial score (nSPS) is 28.2. The Morgan fingerprint density at radius 3 is 2.53 bits per heavy atom. The molecule has 2 nitrogen and oxygen atoms in total. The van der Waals surface area contributed by atoms with Crippen LogP contribution in [0.15, 0.2) is 12.2 Å². The lowest BCUT2D eigenvalue weighted by atomic mass is 9.87. The molecule has 0 amide bonds. The number of piperazine rings is 1. The maximum atomic E-state index is 4.23. The molecule has 0 spiro atoms. The zero-order valence-corrected chi connectivity index (χ0v) is 13.8. The minimum atomic E-state index is 0.430. The highest BCUT2D eigenvalue weighted by Crippen LogP contribution is 2.38. The van der Waals surface area contributed by atoms with E-state index in [9.17, 15) is 0 Å². The SMILES string of the molecule is C=C1CN2CCN(CC(C)C)CC2(CCC)C1.CC. The Morgan fingerprint density at radius 1 is 1.26 bits per heavy atom. The maximum Gasteiger partial charge on any atom is 0.0377 e. The van der Waals surface area contributed by atoms with E-state index in [4.69, 9.17) is 0 Å². The molecule has 0 radical (unpaired) electrons. The number of hydrogen-bond acceptors (Lipinski definition) is 2. The molecule has 0 aromatic rings. The summed E-state index contributed by atoms with van der Waals surface area (Å²) in [6.07, 6.45) is 3.86. The summed E-state index contributed by atoms with van der Waals surface area (Å²) >= 11 is 0. The van der Waals surface area contributed by atoms with Crippen molar-refractivity contribution >= 4 is 0 Å². The Labute approximate surface area is 120 Å². The number of hydrogen-bond donors (Lipinski definition) is 0. The minimum absolute atomic E-state index is 0.430. The summed E-state index contributed by atoms with van der Waals surface area (Å²) in [5.41, 5.74) is 1.88. The summed E-state index contributed by atoms with van der Waals surface area (Å²) in [6, 6.07) is 0. The fourth-order valence-corrected chi connectivity index (χ4v) is 3.76. The summed E-state index contributed by atoms with van der Waals surface area (Å²) in [5.74, 6) is 0.782. The molecule has 2 heterocycles. The van der Waals surface area contributed by atoms with Gasteiger partial charge in [0.2, 0.25) is 0 Å². The molecule has 2 aliphatic rings. The molecule has 1 unspecified atom stereocenters. The number of rotatable bonds is 4. The first kappa shape index (κ1) is 16.7. The van der Waals surface area contributed by atoms with E-state index in [1.54, 1.807) is 0 Å². The topological polar surface area (TPSA) is 6.48 Å². The van der Waals surface area contributed by atoms with E-state index in [2.05, 4.69) is 37.1 Å². The van der Waals surface area contributed by atoms with E-state index in [1.165, 1.54) is 51.0 Å². The van der Waals surface area contributed by atoms with E-state index in [0.717, 1.165) is 12.5 Å². The number of fused-ring (bicyclic) bond motifs is 1. The summed E-state index contributed by atoms with van der Waals surface area (Å²) in [4.78, 5) is 5.38. The third kappa shape index (κ3) is 4.06. The Balaban J connectivity index is 0.000000861. The van der Waals surface area contributed by atoms with Crippen molar-refractivity contribution in [3.05, 3.63) is 12.2 Å². The molecule has 1 atom stereocenters. The van der Waals surface area contributed by atoms with Gasteiger partial charge in [-0.1, -0.05) is 53.2 Å². The summed E-state index contributed by atoms with van der Waals surface area (Å²) in [6.45, 7) is 21.4. The van der Waals surface area contributed by atoms with Crippen LogP contribution in [0.25, 0.3) is 0 Å². The molecule has 2 fully saturated rings. The fraction of sp³-hybridized carbons (Fsp3) is 0.882. The van der Waals surface area contributed by atoms with Gasteiger partial charge >= 0.3 is 0 Å². The fourth-order valence-electron chi connectivity index (χ4n) is 3.76. The van der Waals surface area contributed by atoms with Crippen molar-refractivity contribution in [2.24, 2.45) is 5.92 Å². The molecule has 2 aliphatic heterocycles. The van der Waals surface area contributed by atoms with Crippen molar-refractivity contribution in [2.45, 2.75) is 59.4 Å². The lowest BCUT2D eigenvalue weighted by molar-refractivity contribution is 0.0165. The van der Waals surface area contributed by atoms with Crippen molar-refractivity contribution in [2.75, 3.05) is 32.7 Å². The van der Waals surface area contributed by atoms with Crippen LogP contribution in [-0.4, -0.2) is 48.1 Å². The highest BCUT2D eigenvalue weighted by molar-refractivity contribution is 5.17. The second-order valence-corrected chi connectivity index (χ2v) is 6.45. The summed E-state index contributed by atoms with van der Waals surface area (Å²) < 4.78 is 0. The van der Waals surface area contributed by atoms with Gasteiger partial charge in [0.1, 0.15) is 0 Å². The molecule has 0 bridgehead atoms. The highest BCUT2D eigenvalue weighted by atomic mass is 15.3. The van der Waals surface area contributed by atoms with Gasteiger partial charge in [-0.2, -0.15) is 0 Å². The molecule has 19 heavy (non-hydrogen) atoms. The highest BCUT2D eigenvalue weighted by Gasteiger charge is 2.45. The van der Waals surface area contributed by atoms with Crippen LogP contribution in [0, 0.1) is 5.92 Å². The van der Waals surface area contributed by atoms with Gasteiger partial charge < -0.3 is 0 Å². The van der Waals surface area contributed by atoms with Crippen LogP contribution in [-0.2, 0) is 0 Å². The van der Waals surface area contributed by atoms with Gasteiger partial charge in [0.05, 0.1) is 0 Å². The van der Waals surface area contributed by atoms with Crippen LogP contribution in [0.1, 0.15) is 53.9 Å². The van der Waals surface area contributed by atoms with Crippen molar-refractivity contribution in [3.63, 3.8) is 0 Å². The zero-order chi connectivity index (χ0) is 14.5. The van der Waals surface area contributed by atoms with Gasteiger partial charge in [0, 0.05) is 38.3 Å². The molecule has 0 aliphatic carbocycles. The predicted molar refractivity (Wildman–Crippen MR) is 85.6 cm³/mol. The van der Waals surface area contributed by atoms with Gasteiger partial charge in [-0.25, -0.2) is 0 Å². The van der Waals surface area contributed by atoms with Crippen molar-refractivity contribution < 1.29 is 0 Å². The van der Waals surface area contributed by atoms with Crippen LogP contribution in [0.4, 0.5) is 0 Å². The first-order valence-electron chi connectivity index (χ1n) is 8.20. The van der Waals surface area contributed by atoms with E-state index in [0.29, 0.717) is 5.54 Å². The van der Waals surface area contributed by atoms with Gasteiger partial charge in [0.15, 0.2) is 0 Å². The largest absolute Gasteiger partial charge is 0.300 e. The second kappa shape index (κ2) is 7.44. The van der Waals surface area contributed by atoms with E-state index in [1.807, 2.05) is 13.8 Å². The molecule has 0 aromatic heterocycles. The van der Waals surface area contributed by atoms with Crippen molar-refractivity contribution in [1.29, 1.82) is 0 Å². The quantitative estimate of drug-likeness (QED) is 0.714. The molecule has 2 saturated heterocycles. The Kier molecular flexibility index (Phi) is 6.55. The molecule has 0 aromatic carbocycles. The number of nitrogens with zero attached hydrogens (tertiary/aromatic N) is 2. The molecule has 2 heteroatoms. The molecule has 112 valence electrons. The minimum Gasteiger partial charge on any atom is -0.300 e. The van der Waals surface area contributed by atoms with Crippen LogP contribution in [0.2, 0.25) is 0 Å². The lowest BCUT2D eigenvalue weighted by Gasteiger charge is -2.47. The standard InChI is InChI=1S/C15H28N2.C2H6/c1-5-6-15-9-14(4)11-17(15)8-7-16(12-15)10-13(2)3;1-2/h13H,4-12H2,1-3H3;1-2H3.